The summed E-state index contributed by atoms with van der Waals surface area (Å²) in [5.41, 5.74) is 2.78. The lowest BCUT2D eigenvalue weighted by Crippen LogP contribution is -2.20. The van der Waals surface area contributed by atoms with Crippen molar-refractivity contribution < 1.29 is 4.79 Å². The zero-order chi connectivity index (χ0) is 15.2. The minimum atomic E-state index is -0.229. The highest BCUT2D eigenvalue weighted by Crippen LogP contribution is 2.14. The fraction of sp³-hybridized carbons (Fsp3) is 0.125. The highest BCUT2D eigenvalue weighted by Gasteiger charge is 2.10. The summed E-state index contributed by atoms with van der Waals surface area (Å²) < 4.78 is 0. The Hall–Kier alpha value is -3.00. The lowest BCUT2D eigenvalue weighted by molar-refractivity contribution is 0.0788. The van der Waals surface area contributed by atoms with Crippen LogP contribution in [0, 0.1) is 18.3 Å². The van der Waals surface area contributed by atoms with Crippen LogP contribution >= 0.6 is 0 Å². The van der Waals surface area contributed by atoms with Crippen LogP contribution in [-0.4, -0.2) is 18.0 Å². The quantitative estimate of drug-likeness (QED) is 0.635. The van der Waals surface area contributed by atoms with Crippen molar-refractivity contribution in [1.82, 2.24) is 5.01 Å². The van der Waals surface area contributed by atoms with Crippen molar-refractivity contribution in [2.24, 2.45) is 10.3 Å². The van der Waals surface area contributed by atoms with Crippen molar-refractivity contribution >= 4 is 11.6 Å². The van der Waals surface area contributed by atoms with Crippen LogP contribution in [0.2, 0.25) is 0 Å². The molecule has 2 rings (SSSR count). The fourth-order valence-electron chi connectivity index (χ4n) is 1.64. The maximum atomic E-state index is 12.1. The third-order valence-corrected chi connectivity index (χ3v) is 2.88. The average molecular weight is 278 g/mol. The second kappa shape index (κ2) is 6.44. The van der Waals surface area contributed by atoms with Crippen molar-refractivity contribution in [1.29, 1.82) is 5.26 Å². The number of hydrogen-bond donors (Lipinski definition) is 0. The summed E-state index contributed by atoms with van der Waals surface area (Å²) in [6.07, 6.45) is 0. The molecule has 0 spiro atoms. The van der Waals surface area contributed by atoms with Gasteiger partial charge in [0.2, 0.25) is 0 Å². The second-order valence-corrected chi connectivity index (χ2v) is 4.54. The first kappa shape index (κ1) is 14.4. The Bertz CT molecular complexity index is 697. The Morgan fingerprint density at radius 3 is 2.29 bits per heavy atom. The van der Waals surface area contributed by atoms with Gasteiger partial charge in [-0.1, -0.05) is 22.9 Å². The molecule has 5 heteroatoms. The fourth-order valence-corrected chi connectivity index (χ4v) is 1.64. The summed E-state index contributed by atoms with van der Waals surface area (Å²) in [6.45, 7) is 1.96. The number of nitriles is 1. The molecule has 5 nitrogen and oxygen atoms in total. The number of carbonyl (C=O) groups is 1. The van der Waals surface area contributed by atoms with E-state index in [1.165, 1.54) is 5.01 Å². The minimum Gasteiger partial charge on any atom is -0.267 e. The van der Waals surface area contributed by atoms with E-state index in [0.717, 1.165) is 5.56 Å². The van der Waals surface area contributed by atoms with Gasteiger partial charge in [0.15, 0.2) is 0 Å². The summed E-state index contributed by atoms with van der Waals surface area (Å²) in [7, 11) is 1.55. The van der Waals surface area contributed by atoms with Gasteiger partial charge >= 0.3 is 0 Å². The SMILES string of the molecule is Cc1ccc(C(=O)N(C)N=Nc2ccc(C#N)cc2)cc1. The van der Waals surface area contributed by atoms with Crippen LogP contribution in [0.25, 0.3) is 0 Å². The Labute approximate surface area is 123 Å². The van der Waals surface area contributed by atoms with Crippen molar-refractivity contribution in [2.45, 2.75) is 6.92 Å². The van der Waals surface area contributed by atoms with Crippen molar-refractivity contribution in [3.63, 3.8) is 0 Å². The average Bonchev–Trinajstić information content (AvgIpc) is 2.53. The number of benzene rings is 2. The monoisotopic (exact) mass is 278 g/mol. The highest BCUT2D eigenvalue weighted by molar-refractivity contribution is 5.93. The molecule has 0 radical (unpaired) electrons. The number of carbonyl (C=O) groups excluding carboxylic acids is 1. The van der Waals surface area contributed by atoms with Crippen LogP contribution in [0.3, 0.4) is 0 Å². The Kier molecular flexibility index (Phi) is 4.42. The van der Waals surface area contributed by atoms with E-state index >= 15 is 0 Å². The summed E-state index contributed by atoms with van der Waals surface area (Å²) in [4.78, 5) is 12.1. The van der Waals surface area contributed by atoms with Gasteiger partial charge in [0, 0.05) is 12.6 Å². The molecule has 1 amide bonds. The number of rotatable bonds is 3. The molecular formula is C16H14N4O. The van der Waals surface area contributed by atoms with E-state index in [4.69, 9.17) is 5.26 Å². The Balaban J connectivity index is 2.07. The van der Waals surface area contributed by atoms with E-state index in [1.54, 1.807) is 43.4 Å². The van der Waals surface area contributed by atoms with E-state index in [2.05, 4.69) is 10.3 Å². The molecule has 0 atom stereocenters. The first-order valence-electron chi connectivity index (χ1n) is 6.36. The maximum absolute atomic E-state index is 12.1. The standard InChI is InChI=1S/C16H14N4O/c1-12-3-7-14(8-4-12)16(21)20(2)19-18-15-9-5-13(11-17)6-10-15/h3-10H,1-2H3. The third-order valence-electron chi connectivity index (χ3n) is 2.88. The van der Waals surface area contributed by atoms with E-state index in [1.807, 2.05) is 25.1 Å². The van der Waals surface area contributed by atoms with Crippen LogP contribution < -0.4 is 0 Å². The van der Waals surface area contributed by atoms with Gasteiger partial charge in [0.25, 0.3) is 5.91 Å². The van der Waals surface area contributed by atoms with Crippen LogP contribution in [0.4, 0.5) is 5.69 Å². The normalized spacial score (nSPS) is 10.3. The summed E-state index contributed by atoms with van der Waals surface area (Å²) in [6, 6.07) is 15.9. The molecule has 0 heterocycles. The van der Waals surface area contributed by atoms with Gasteiger partial charge in [0.1, 0.15) is 0 Å². The molecule has 0 aliphatic rings. The minimum absolute atomic E-state index is 0.229. The first-order valence-corrected chi connectivity index (χ1v) is 6.36. The predicted molar refractivity (Wildman–Crippen MR) is 78.9 cm³/mol. The second-order valence-electron chi connectivity index (χ2n) is 4.54. The predicted octanol–water partition coefficient (Wildman–Crippen LogP) is 3.64. The molecule has 0 fully saturated rings. The van der Waals surface area contributed by atoms with Gasteiger partial charge in [-0.3, -0.25) is 4.79 Å². The van der Waals surface area contributed by atoms with Gasteiger partial charge in [-0.15, -0.1) is 5.11 Å². The Morgan fingerprint density at radius 1 is 1.10 bits per heavy atom. The van der Waals surface area contributed by atoms with Crippen molar-refractivity contribution in [3.05, 3.63) is 65.2 Å². The number of nitrogens with zero attached hydrogens (tertiary/aromatic N) is 4. The first-order chi connectivity index (χ1) is 10.1. The van der Waals surface area contributed by atoms with Crippen LogP contribution in [-0.2, 0) is 0 Å². The number of hydrogen-bond acceptors (Lipinski definition) is 4. The summed E-state index contributed by atoms with van der Waals surface area (Å²) in [5.74, 6) is -0.229. The Morgan fingerprint density at radius 2 is 1.71 bits per heavy atom. The van der Waals surface area contributed by atoms with Crippen molar-refractivity contribution in [2.75, 3.05) is 7.05 Å². The van der Waals surface area contributed by atoms with E-state index in [9.17, 15) is 4.79 Å². The van der Waals surface area contributed by atoms with Gasteiger partial charge < -0.3 is 0 Å². The molecule has 0 aliphatic carbocycles. The van der Waals surface area contributed by atoms with Crippen LogP contribution in [0.5, 0.6) is 0 Å². The molecule has 2 aromatic carbocycles. The van der Waals surface area contributed by atoms with E-state index in [-0.39, 0.29) is 5.91 Å². The topological polar surface area (TPSA) is 68.8 Å². The zero-order valence-corrected chi connectivity index (χ0v) is 11.8. The number of aryl methyl sites for hydroxylation is 1. The molecule has 21 heavy (non-hydrogen) atoms. The maximum Gasteiger partial charge on any atom is 0.275 e. The van der Waals surface area contributed by atoms with Gasteiger partial charge in [-0.2, -0.15) is 5.26 Å². The molecule has 2 aromatic rings. The molecule has 0 aliphatic heterocycles. The van der Waals surface area contributed by atoms with Crippen LogP contribution in [0.1, 0.15) is 21.5 Å². The van der Waals surface area contributed by atoms with Gasteiger partial charge in [-0.05, 0) is 43.3 Å². The summed E-state index contributed by atoms with van der Waals surface area (Å²) in [5, 5.41) is 17.7. The molecule has 0 bridgehead atoms. The lowest BCUT2D eigenvalue weighted by Gasteiger charge is -2.09. The zero-order valence-electron chi connectivity index (χ0n) is 11.8. The highest BCUT2D eigenvalue weighted by atomic mass is 16.2. The molecule has 0 N–H and O–H groups in total. The molecule has 0 aromatic heterocycles. The largest absolute Gasteiger partial charge is 0.275 e. The van der Waals surface area contributed by atoms with E-state index in [0.29, 0.717) is 16.8 Å². The lowest BCUT2D eigenvalue weighted by atomic mass is 10.1. The molecule has 104 valence electrons. The third kappa shape index (κ3) is 3.74. The number of amides is 1. The van der Waals surface area contributed by atoms with Crippen LogP contribution in [0.15, 0.2) is 58.9 Å². The van der Waals surface area contributed by atoms with Gasteiger partial charge in [-0.25, -0.2) is 5.01 Å². The van der Waals surface area contributed by atoms with Crippen molar-refractivity contribution in [3.8, 4) is 6.07 Å². The molecule has 0 unspecified atom stereocenters. The molecule has 0 saturated carbocycles. The smallest absolute Gasteiger partial charge is 0.267 e. The van der Waals surface area contributed by atoms with Gasteiger partial charge in [0.05, 0.1) is 17.3 Å². The van der Waals surface area contributed by atoms with E-state index < -0.39 is 0 Å². The molecular weight excluding hydrogens is 264 g/mol. The summed E-state index contributed by atoms with van der Waals surface area (Å²) >= 11 is 0. The molecule has 0 saturated heterocycles.